The van der Waals surface area contributed by atoms with Gasteiger partial charge in [0, 0.05) is 29.9 Å². The Morgan fingerprint density at radius 3 is 2.20 bits per heavy atom. The number of benzene rings is 2. The van der Waals surface area contributed by atoms with Gasteiger partial charge in [0.15, 0.2) is 0 Å². The molecule has 4 unspecified atom stereocenters. The Morgan fingerprint density at radius 1 is 0.878 bits per heavy atom. The van der Waals surface area contributed by atoms with Gasteiger partial charge in [-0.15, -0.1) is 0 Å². The van der Waals surface area contributed by atoms with E-state index >= 15 is 0 Å². The number of hydrogen-bond acceptors (Lipinski definition) is 6. The summed E-state index contributed by atoms with van der Waals surface area (Å²) in [4.78, 5) is 54.9. The molecule has 3 rings (SSSR count). The Bertz CT molecular complexity index is 1330. The minimum absolute atomic E-state index is 0.0600. The minimum Gasteiger partial charge on any atom is -0.480 e. The van der Waals surface area contributed by atoms with Crippen molar-refractivity contribution >= 4 is 46.4 Å². The number of carboxylic acids is 1. The van der Waals surface area contributed by atoms with Crippen LogP contribution < -0.4 is 21.7 Å². The predicted molar refractivity (Wildman–Crippen MR) is 161 cm³/mol. The van der Waals surface area contributed by atoms with Crippen molar-refractivity contribution in [1.82, 2.24) is 20.9 Å². The van der Waals surface area contributed by atoms with Crippen LogP contribution in [-0.2, 0) is 32.0 Å². The topological polar surface area (TPSA) is 166 Å². The van der Waals surface area contributed by atoms with Crippen LogP contribution in [0, 0.1) is 5.92 Å². The lowest BCUT2D eigenvalue weighted by molar-refractivity contribution is -0.142. The number of H-pyrrole nitrogens is 1. The molecule has 2 aromatic carbocycles. The van der Waals surface area contributed by atoms with E-state index in [0.29, 0.717) is 12.2 Å². The van der Waals surface area contributed by atoms with Gasteiger partial charge in [0.2, 0.25) is 17.7 Å². The van der Waals surface area contributed by atoms with Crippen LogP contribution in [0.15, 0.2) is 60.8 Å². The van der Waals surface area contributed by atoms with Crippen LogP contribution in [-0.4, -0.2) is 70.0 Å². The maximum atomic E-state index is 13.5. The molecule has 10 nitrogen and oxygen atoms in total. The highest BCUT2D eigenvalue weighted by atomic mass is 32.2. The van der Waals surface area contributed by atoms with E-state index in [2.05, 4.69) is 20.9 Å². The minimum atomic E-state index is -1.21. The summed E-state index contributed by atoms with van der Waals surface area (Å²) in [5.41, 5.74) is 8.47. The Balaban J connectivity index is 1.75. The number of aliphatic carboxylic acids is 1. The summed E-state index contributed by atoms with van der Waals surface area (Å²) in [7, 11) is 0. The third-order valence-corrected chi connectivity index (χ3v) is 7.49. The maximum absolute atomic E-state index is 13.5. The standard InChI is InChI=1S/C30H39N5O5S/c1-18(2)26(29(38)34-25(30(39)40)16-20-17-32-23-12-8-7-11-21(20)23)35-28(37)24(15-19-9-5-4-6-10-19)33-27(36)22(31)13-14-41-3/h4-12,17-18,22,24-26,32H,13-16,31H2,1-3H3,(H,33,36)(H,34,38)(H,35,37)(H,39,40). The van der Waals surface area contributed by atoms with E-state index in [4.69, 9.17) is 5.73 Å². The summed E-state index contributed by atoms with van der Waals surface area (Å²) in [5.74, 6) is -2.49. The maximum Gasteiger partial charge on any atom is 0.326 e. The number of carbonyl (C=O) groups is 4. The van der Waals surface area contributed by atoms with E-state index in [-0.39, 0.29) is 18.8 Å². The average Bonchev–Trinajstić information content (AvgIpc) is 3.36. The summed E-state index contributed by atoms with van der Waals surface area (Å²) < 4.78 is 0. The van der Waals surface area contributed by atoms with Crippen LogP contribution in [0.3, 0.4) is 0 Å². The van der Waals surface area contributed by atoms with E-state index in [1.165, 1.54) is 0 Å². The van der Waals surface area contributed by atoms with Gasteiger partial charge in [-0.25, -0.2) is 4.79 Å². The van der Waals surface area contributed by atoms with Gasteiger partial charge in [0.25, 0.3) is 0 Å². The quantitative estimate of drug-likeness (QED) is 0.160. The largest absolute Gasteiger partial charge is 0.480 e. The molecule has 3 aromatic rings. The van der Waals surface area contributed by atoms with E-state index < -0.39 is 47.9 Å². The fourth-order valence-corrected chi connectivity index (χ4v) is 4.97. The fourth-order valence-electron chi connectivity index (χ4n) is 4.48. The Morgan fingerprint density at radius 2 is 1.54 bits per heavy atom. The molecule has 1 aromatic heterocycles. The van der Waals surface area contributed by atoms with Crippen LogP contribution in [0.2, 0.25) is 0 Å². The first-order chi connectivity index (χ1) is 19.6. The van der Waals surface area contributed by atoms with E-state index in [0.717, 1.165) is 22.0 Å². The summed E-state index contributed by atoms with van der Waals surface area (Å²) in [6.07, 6.45) is 4.36. The molecule has 0 aliphatic heterocycles. The third-order valence-electron chi connectivity index (χ3n) is 6.85. The molecule has 4 atom stereocenters. The molecule has 0 aliphatic carbocycles. The number of hydrogen-bond donors (Lipinski definition) is 6. The lowest BCUT2D eigenvalue weighted by atomic mass is 9.99. The van der Waals surface area contributed by atoms with Crippen LogP contribution in [0.25, 0.3) is 10.9 Å². The molecule has 0 fully saturated rings. The molecule has 0 aliphatic rings. The molecule has 0 saturated heterocycles. The first kappa shape index (κ1) is 31.7. The van der Waals surface area contributed by atoms with Crippen molar-refractivity contribution in [3.63, 3.8) is 0 Å². The van der Waals surface area contributed by atoms with E-state index in [9.17, 15) is 24.3 Å². The van der Waals surface area contributed by atoms with Crippen molar-refractivity contribution in [2.24, 2.45) is 11.7 Å². The summed E-state index contributed by atoms with van der Waals surface area (Å²) >= 11 is 1.57. The zero-order chi connectivity index (χ0) is 29.9. The SMILES string of the molecule is CSCCC(N)C(=O)NC(Cc1ccccc1)C(=O)NC(C(=O)NC(Cc1c[nH]c2ccccc12)C(=O)O)C(C)C. The van der Waals surface area contributed by atoms with Crippen LogP contribution >= 0.6 is 11.8 Å². The Labute approximate surface area is 244 Å². The molecule has 0 radical (unpaired) electrons. The number of rotatable bonds is 15. The molecule has 220 valence electrons. The second kappa shape index (κ2) is 15.2. The summed E-state index contributed by atoms with van der Waals surface area (Å²) in [6.45, 7) is 3.51. The first-order valence-electron chi connectivity index (χ1n) is 13.6. The van der Waals surface area contributed by atoms with Crippen molar-refractivity contribution in [3.8, 4) is 0 Å². The van der Waals surface area contributed by atoms with E-state index in [1.54, 1.807) is 31.8 Å². The highest BCUT2D eigenvalue weighted by Crippen LogP contribution is 2.19. The molecular weight excluding hydrogens is 542 g/mol. The molecule has 0 saturated carbocycles. The van der Waals surface area contributed by atoms with Crippen molar-refractivity contribution in [3.05, 3.63) is 71.9 Å². The molecule has 11 heteroatoms. The van der Waals surface area contributed by atoms with Gasteiger partial charge in [-0.1, -0.05) is 62.4 Å². The molecule has 1 heterocycles. The molecule has 0 spiro atoms. The zero-order valence-electron chi connectivity index (χ0n) is 23.6. The number of aromatic amines is 1. The number of amides is 3. The number of nitrogens with one attached hydrogen (secondary N) is 4. The highest BCUT2D eigenvalue weighted by molar-refractivity contribution is 7.98. The van der Waals surface area contributed by atoms with Crippen LogP contribution in [0.4, 0.5) is 0 Å². The van der Waals surface area contributed by atoms with Gasteiger partial charge in [-0.05, 0) is 41.5 Å². The Hall–Kier alpha value is -3.83. The van der Waals surface area contributed by atoms with Crippen LogP contribution in [0.5, 0.6) is 0 Å². The smallest absolute Gasteiger partial charge is 0.326 e. The van der Waals surface area contributed by atoms with Gasteiger partial charge in [-0.2, -0.15) is 11.8 Å². The van der Waals surface area contributed by atoms with Crippen LogP contribution in [0.1, 0.15) is 31.4 Å². The van der Waals surface area contributed by atoms with Crippen molar-refractivity contribution in [2.45, 2.75) is 57.3 Å². The number of carboxylic acid groups (broad SMARTS) is 1. The second-order valence-corrected chi connectivity index (χ2v) is 11.3. The summed E-state index contributed by atoms with van der Waals surface area (Å²) in [6, 6.07) is 12.7. The van der Waals surface area contributed by atoms with Gasteiger partial charge in [0.1, 0.15) is 18.1 Å². The lowest BCUT2D eigenvalue weighted by Crippen LogP contribution is -2.59. The number of thioether (sulfide) groups is 1. The van der Waals surface area contributed by atoms with Crippen molar-refractivity contribution < 1.29 is 24.3 Å². The second-order valence-electron chi connectivity index (χ2n) is 10.3. The summed E-state index contributed by atoms with van der Waals surface area (Å²) in [5, 5.41) is 18.9. The van der Waals surface area contributed by atoms with Gasteiger partial charge in [0.05, 0.1) is 6.04 Å². The van der Waals surface area contributed by atoms with Crippen molar-refractivity contribution in [1.29, 1.82) is 0 Å². The number of aromatic nitrogens is 1. The van der Waals surface area contributed by atoms with Gasteiger partial charge < -0.3 is 31.8 Å². The number of nitrogens with two attached hydrogens (primary N) is 1. The lowest BCUT2D eigenvalue weighted by Gasteiger charge is -2.27. The number of fused-ring (bicyclic) bond motifs is 1. The van der Waals surface area contributed by atoms with Gasteiger partial charge >= 0.3 is 5.97 Å². The first-order valence-corrected chi connectivity index (χ1v) is 15.0. The molecular formula is C30H39N5O5S. The molecule has 7 N–H and O–H groups in total. The van der Waals surface area contributed by atoms with Crippen molar-refractivity contribution in [2.75, 3.05) is 12.0 Å². The van der Waals surface area contributed by atoms with Gasteiger partial charge in [-0.3, -0.25) is 14.4 Å². The number of carbonyl (C=O) groups excluding carboxylic acids is 3. The molecule has 3 amide bonds. The Kier molecular flexibility index (Phi) is 11.8. The molecule has 0 bridgehead atoms. The average molecular weight is 582 g/mol. The predicted octanol–water partition coefficient (Wildman–Crippen LogP) is 2.23. The third kappa shape index (κ3) is 9.09. The highest BCUT2D eigenvalue weighted by Gasteiger charge is 2.32. The van der Waals surface area contributed by atoms with E-state index in [1.807, 2.05) is 60.9 Å². The monoisotopic (exact) mass is 581 g/mol. The fraction of sp³-hybridized carbons (Fsp3) is 0.400. The zero-order valence-corrected chi connectivity index (χ0v) is 24.4. The normalized spacial score (nSPS) is 14.2. The molecule has 41 heavy (non-hydrogen) atoms. The number of para-hydroxylation sites is 1.